The third-order valence-electron chi connectivity index (χ3n) is 4.43. The molecule has 1 aromatic carbocycles. The number of piperazine rings is 1. The molecule has 1 fully saturated rings. The smallest absolute Gasteiger partial charge is 0.0449 e. The maximum Gasteiger partial charge on any atom is 0.0449 e. The van der Waals surface area contributed by atoms with E-state index in [-0.39, 0.29) is 0 Å². The van der Waals surface area contributed by atoms with Crippen molar-refractivity contribution in [2.24, 2.45) is 0 Å². The summed E-state index contributed by atoms with van der Waals surface area (Å²) < 4.78 is 0. The van der Waals surface area contributed by atoms with E-state index in [1.54, 1.807) is 0 Å². The first kappa shape index (κ1) is 15.5. The maximum atomic E-state index is 3.63. The first-order valence-corrected chi connectivity index (χ1v) is 7.95. The van der Waals surface area contributed by atoms with Crippen molar-refractivity contribution < 1.29 is 0 Å². The zero-order valence-corrected chi connectivity index (χ0v) is 13.2. The average molecular weight is 275 g/mol. The predicted octanol–water partition coefficient (Wildman–Crippen LogP) is 2.36. The predicted molar refractivity (Wildman–Crippen MR) is 86.0 cm³/mol. The zero-order chi connectivity index (χ0) is 14.4. The van der Waals surface area contributed by atoms with Gasteiger partial charge in [-0.3, -0.25) is 4.90 Å². The van der Waals surface area contributed by atoms with Gasteiger partial charge in [-0.05, 0) is 25.6 Å². The molecule has 2 unspecified atom stereocenters. The molecule has 1 saturated heterocycles. The Hall–Kier alpha value is -0.900. The van der Waals surface area contributed by atoms with Gasteiger partial charge in [-0.2, -0.15) is 0 Å². The highest BCUT2D eigenvalue weighted by Gasteiger charge is 2.24. The molecule has 3 heteroatoms. The minimum atomic E-state index is 0.446. The number of likely N-dealkylation sites (N-methyl/N-ethyl adjacent to an activating group) is 2. The van der Waals surface area contributed by atoms with Gasteiger partial charge in [-0.15, -0.1) is 0 Å². The van der Waals surface area contributed by atoms with Gasteiger partial charge < -0.3 is 10.2 Å². The van der Waals surface area contributed by atoms with Gasteiger partial charge in [-0.1, -0.05) is 44.2 Å². The molecule has 0 amide bonds. The topological polar surface area (TPSA) is 18.5 Å². The molecular formula is C17H29N3. The molecule has 1 aromatic rings. The molecular weight excluding hydrogens is 246 g/mol. The highest BCUT2D eigenvalue weighted by molar-refractivity contribution is 5.19. The largest absolute Gasteiger partial charge is 0.309 e. The molecule has 0 aliphatic carbocycles. The van der Waals surface area contributed by atoms with Crippen LogP contribution in [-0.4, -0.2) is 55.6 Å². The summed E-state index contributed by atoms with van der Waals surface area (Å²) in [6.07, 6.45) is 1.24. The van der Waals surface area contributed by atoms with Crippen LogP contribution in [0.4, 0.5) is 0 Å². The van der Waals surface area contributed by atoms with Crippen LogP contribution in [0.5, 0.6) is 0 Å². The summed E-state index contributed by atoms with van der Waals surface area (Å²) in [5.41, 5.74) is 1.40. The Morgan fingerprint density at radius 1 is 1.20 bits per heavy atom. The fraction of sp³-hybridized carbons (Fsp3) is 0.647. The van der Waals surface area contributed by atoms with Crippen LogP contribution in [0.3, 0.4) is 0 Å². The lowest BCUT2D eigenvalue weighted by Gasteiger charge is -2.40. The van der Waals surface area contributed by atoms with E-state index in [4.69, 9.17) is 0 Å². The number of rotatable bonds is 6. The van der Waals surface area contributed by atoms with Gasteiger partial charge in [0.25, 0.3) is 0 Å². The molecule has 0 spiro atoms. The van der Waals surface area contributed by atoms with Crippen LogP contribution in [-0.2, 0) is 0 Å². The van der Waals surface area contributed by atoms with E-state index in [1.807, 2.05) is 0 Å². The monoisotopic (exact) mass is 275 g/mol. The molecule has 2 rings (SSSR count). The van der Waals surface area contributed by atoms with E-state index in [2.05, 4.69) is 66.3 Å². The van der Waals surface area contributed by atoms with Crippen LogP contribution in [0.2, 0.25) is 0 Å². The second-order valence-electron chi connectivity index (χ2n) is 5.82. The van der Waals surface area contributed by atoms with Crippen molar-refractivity contribution >= 4 is 0 Å². The Kier molecular flexibility index (Phi) is 6.02. The maximum absolute atomic E-state index is 3.63. The van der Waals surface area contributed by atoms with Crippen LogP contribution in [0, 0.1) is 0 Å². The Balaban J connectivity index is 1.98. The summed E-state index contributed by atoms with van der Waals surface area (Å²) in [5.74, 6) is 0. The second kappa shape index (κ2) is 7.77. The van der Waals surface area contributed by atoms with Gasteiger partial charge in [0.15, 0.2) is 0 Å². The summed E-state index contributed by atoms with van der Waals surface area (Å²) in [7, 11) is 2.25. The normalized spacial score (nSPS) is 22.9. The summed E-state index contributed by atoms with van der Waals surface area (Å²) in [5, 5.41) is 3.63. The molecule has 1 aliphatic heterocycles. The first-order valence-electron chi connectivity index (χ1n) is 7.95. The number of nitrogens with zero attached hydrogens (tertiary/aromatic N) is 2. The van der Waals surface area contributed by atoms with Crippen molar-refractivity contribution in [1.82, 2.24) is 15.1 Å². The molecule has 20 heavy (non-hydrogen) atoms. The minimum Gasteiger partial charge on any atom is -0.309 e. The van der Waals surface area contributed by atoms with E-state index < -0.39 is 0 Å². The van der Waals surface area contributed by atoms with Gasteiger partial charge in [0.2, 0.25) is 0 Å². The molecule has 1 N–H and O–H groups in total. The summed E-state index contributed by atoms with van der Waals surface area (Å²) in [6.45, 7) is 10.2. The zero-order valence-electron chi connectivity index (χ0n) is 13.2. The Morgan fingerprint density at radius 2 is 1.95 bits per heavy atom. The van der Waals surface area contributed by atoms with E-state index >= 15 is 0 Å². The third kappa shape index (κ3) is 4.05. The molecule has 0 bridgehead atoms. The lowest BCUT2D eigenvalue weighted by molar-refractivity contribution is 0.0860. The van der Waals surface area contributed by atoms with Crippen molar-refractivity contribution in [3.8, 4) is 0 Å². The Labute approximate surface area is 124 Å². The van der Waals surface area contributed by atoms with E-state index in [9.17, 15) is 0 Å². The molecule has 2 atom stereocenters. The lowest BCUT2D eigenvalue weighted by atomic mass is 10.0. The van der Waals surface area contributed by atoms with Gasteiger partial charge in [0, 0.05) is 38.3 Å². The van der Waals surface area contributed by atoms with E-state index in [0.29, 0.717) is 12.1 Å². The van der Waals surface area contributed by atoms with Gasteiger partial charge in [0.1, 0.15) is 0 Å². The minimum absolute atomic E-state index is 0.446. The summed E-state index contributed by atoms with van der Waals surface area (Å²) in [6, 6.07) is 12.0. The third-order valence-corrected chi connectivity index (χ3v) is 4.43. The molecule has 0 radical (unpaired) electrons. The number of nitrogens with one attached hydrogen (secondary N) is 1. The molecule has 1 heterocycles. The van der Waals surface area contributed by atoms with Gasteiger partial charge in [-0.25, -0.2) is 0 Å². The number of hydrogen-bond donors (Lipinski definition) is 1. The van der Waals surface area contributed by atoms with Crippen molar-refractivity contribution in [1.29, 1.82) is 0 Å². The fourth-order valence-corrected chi connectivity index (χ4v) is 3.09. The van der Waals surface area contributed by atoms with Crippen LogP contribution in [0.1, 0.15) is 31.9 Å². The summed E-state index contributed by atoms with van der Waals surface area (Å²) in [4.78, 5) is 5.12. The number of hydrogen-bond acceptors (Lipinski definition) is 3. The van der Waals surface area contributed by atoms with Crippen molar-refractivity contribution in [2.75, 3.05) is 39.8 Å². The van der Waals surface area contributed by atoms with Crippen LogP contribution in [0.15, 0.2) is 30.3 Å². The lowest BCUT2D eigenvalue weighted by Crippen LogP contribution is -2.52. The Bertz CT molecular complexity index is 379. The molecule has 3 nitrogen and oxygen atoms in total. The molecule has 0 aromatic heterocycles. The van der Waals surface area contributed by atoms with Crippen LogP contribution < -0.4 is 5.32 Å². The highest BCUT2D eigenvalue weighted by Crippen LogP contribution is 2.17. The number of benzene rings is 1. The van der Waals surface area contributed by atoms with Crippen LogP contribution in [0.25, 0.3) is 0 Å². The average Bonchev–Trinajstić information content (AvgIpc) is 2.49. The Morgan fingerprint density at radius 3 is 2.60 bits per heavy atom. The second-order valence-corrected chi connectivity index (χ2v) is 5.82. The molecule has 112 valence electrons. The quantitative estimate of drug-likeness (QED) is 0.860. The molecule has 0 saturated carbocycles. The van der Waals surface area contributed by atoms with Crippen molar-refractivity contribution in [2.45, 2.75) is 32.4 Å². The van der Waals surface area contributed by atoms with Gasteiger partial charge >= 0.3 is 0 Å². The van der Waals surface area contributed by atoms with Crippen molar-refractivity contribution in [3.63, 3.8) is 0 Å². The molecule has 1 aliphatic rings. The van der Waals surface area contributed by atoms with E-state index in [0.717, 1.165) is 13.1 Å². The van der Waals surface area contributed by atoms with Gasteiger partial charge in [0.05, 0.1) is 0 Å². The standard InChI is InChI=1S/C17H29N3/c1-4-16-13-20(12-11-19(16)3)14-17(18-5-2)15-9-7-6-8-10-15/h6-10,16-18H,4-5,11-14H2,1-3H3. The SMILES string of the molecule is CCNC(CN1CCN(C)C(CC)C1)c1ccccc1. The fourth-order valence-electron chi connectivity index (χ4n) is 3.09. The first-order chi connectivity index (χ1) is 9.74. The van der Waals surface area contributed by atoms with Crippen LogP contribution >= 0.6 is 0 Å². The van der Waals surface area contributed by atoms with Crippen molar-refractivity contribution in [3.05, 3.63) is 35.9 Å². The highest BCUT2D eigenvalue weighted by atomic mass is 15.3. The van der Waals surface area contributed by atoms with E-state index in [1.165, 1.54) is 31.6 Å². The summed E-state index contributed by atoms with van der Waals surface area (Å²) >= 11 is 0.